The molecule has 0 unspecified atom stereocenters. The number of para-hydroxylation sites is 2. The Bertz CT molecular complexity index is 989. The predicted octanol–water partition coefficient (Wildman–Crippen LogP) is 1.04. The van der Waals surface area contributed by atoms with Gasteiger partial charge in [-0.3, -0.25) is 4.79 Å². The first-order chi connectivity index (χ1) is 13.2. The molecule has 2 aromatic carbocycles. The molecular weight excluding hydrogens is 388 g/mol. The van der Waals surface area contributed by atoms with Crippen molar-refractivity contribution in [2.24, 2.45) is 5.14 Å². The summed E-state index contributed by atoms with van der Waals surface area (Å²) in [6.07, 6.45) is -2.09. The second-order valence-electron chi connectivity index (χ2n) is 6.00. The van der Waals surface area contributed by atoms with Crippen molar-refractivity contribution < 1.29 is 32.2 Å². The second kappa shape index (κ2) is 7.87. The number of fused-ring (bicyclic) bond motifs is 1. The van der Waals surface area contributed by atoms with Crippen LogP contribution in [-0.2, 0) is 24.3 Å². The van der Waals surface area contributed by atoms with Gasteiger partial charge in [-0.1, -0.05) is 12.1 Å². The van der Waals surface area contributed by atoms with Crippen LogP contribution in [0.5, 0.6) is 11.5 Å². The maximum absolute atomic E-state index is 12.2. The van der Waals surface area contributed by atoms with Crippen LogP contribution in [0.4, 0.5) is 5.69 Å². The highest BCUT2D eigenvalue weighted by atomic mass is 32.2. The van der Waals surface area contributed by atoms with Gasteiger partial charge in [0.2, 0.25) is 16.1 Å². The molecule has 1 aliphatic heterocycles. The van der Waals surface area contributed by atoms with Gasteiger partial charge in [-0.2, -0.15) is 0 Å². The number of amides is 1. The van der Waals surface area contributed by atoms with Crippen molar-refractivity contribution in [2.45, 2.75) is 24.0 Å². The van der Waals surface area contributed by atoms with Crippen molar-refractivity contribution in [2.75, 3.05) is 11.9 Å². The zero-order valence-corrected chi connectivity index (χ0v) is 15.6. The summed E-state index contributed by atoms with van der Waals surface area (Å²) >= 11 is 0. The van der Waals surface area contributed by atoms with E-state index < -0.39 is 34.1 Å². The number of carbonyl (C=O) groups is 2. The lowest BCUT2D eigenvalue weighted by Crippen LogP contribution is -2.41. The minimum absolute atomic E-state index is 0.0286. The monoisotopic (exact) mass is 406 g/mol. The van der Waals surface area contributed by atoms with Crippen LogP contribution < -0.4 is 19.9 Å². The van der Waals surface area contributed by atoms with Crippen molar-refractivity contribution in [3.05, 3.63) is 48.5 Å². The average molecular weight is 406 g/mol. The van der Waals surface area contributed by atoms with Gasteiger partial charge in [-0.05, 0) is 43.3 Å². The Morgan fingerprint density at radius 1 is 1.14 bits per heavy atom. The minimum atomic E-state index is -3.82. The molecule has 0 saturated heterocycles. The molecule has 1 heterocycles. The van der Waals surface area contributed by atoms with E-state index in [1.807, 2.05) is 0 Å². The van der Waals surface area contributed by atoms with E-state index >= 15 is 0 Å². The second-order valence-corrected chi connectivity index (χ2v) is 7.56. The third-order valence-corrected chi connectivity index (χ3v) is 4.81. The molecule has 1 amide bonds. The van der Waals surface area contributed by atoms with Gasteiger partial charge in [0, 0.05) is 5.69 Å². The molecule has 0 radical (unpaired) electrons. The molecular formula is C18H18N2O7S. The van der Waals surface area contributed by atoms with Gasteiger partial charge >= 0.3 is 5.97 Å². The van der Waals surface area contributed by atoms with E-state index in [1.165, 1.54) is 31.2 Å². The number of nitrogens with one attached hydrogen (secondary N) is 1. The van der Waals surface area contributed by atoms with Crippen LogP contribution in [0.1, 0.15) is 6.92 Å². The highest BCUT2D eigenvalue weighted by molar-refractivity contribution is 7.89. The van der Waals surface area contributed by atoms with E-state index in [1.54, 1.807) is 24.3 Å². The van der Waals surface area contributed by atoms with E-state index in [2.05, 4.69) is 5.32 Å². The van der Waals surface area contributed by atoms with Gasteiger partial charge in [-0.15, -0.1) is 0 Å². The molecule has 10 heteroatoms. The molecule has 1 aliphatic rings. The van der Waals surface area contributed by atoms with E-state index in [9.17, 15) is 18.0 Å². The van der Waals surface area contributed by atoms with Gasteiger partial charge in [0.15, 0.2) is 17.6 Å². The molecule has 2 aromatic rings. The first-order valence-corrected chi connectivity index (χ1v) is 9.81. The fourth-order valence-electron chi connectivity index (χ4n) is 2.41. The summed E-state index contributed by atoms with van der Waals surface area (Å²) in [6.45, 7) is 1.38. The summed E-state index contributed by atoms with van der Waals surface area (Å²) in [6, 6.07) is 12.2. The lowest BCUT2D eigenvalue weighted by atomic mass is 10.2. The molecule has 0 bridgehead atoms. The molecule has 9 nitrogen and oxygen atoms in total. The largest absolute Gasteiger partial charge is 0.485 e. The molecule has 0 spiro atoms. The summed E-state index contributed by atoms with van der Waals surface area (Å²) in [4.78, 5) is 24.4. The first kappa shape index (κ1) is 19.6. The number of ether oxygens (including phenoxy) is 3. The van der Waals surface area contributed by atoms with E-state index in [0.717, 1.165) is 0 Å². The topological polar surface area (TPSA) is 134 Å². The predicted molar refractivity (Wildman–Crippen MR) is 98.4 cm³/mol. The molecule has 2 atom stereocenters. The molecule has 3 rings (SSSR count). The van der Waals surface area contributed by atoms with E-state index in [-0.39, 0.29) is 11.5 Å². The number of hydrogen-bond donors (Lipinski definition) is 2. The summed E-state index contributed by atoms with van der Waals surface area (Å²) in [5.41, 5.74) is 0.325. The van der Waals surface area contributed by atoms with Crippen LogP contribution in [0.2, 0.25) is 0 Å². The summed E-state index contributed by atoms with van der Waals surface area (Å²) < 4.78 is 38.6. The summed E-state index contributed by atoms with van der Waals surface area (Å²) in [7, 11) is -3.82. The molecule has 0 aliphatic carbocycles. The van der Waals surface area contributed by atoms with Crippen LogP contribution in [0.15, 0.2) is 53.4 Å². The van der Waals surface area contributed by atoms with Crippen LogP contribution >= 0.6 is 0 Å². The molecule has 28 heavy (non-hydrogen) atoms. The normalized spacial score (nSPS) is 16.7. The van der Waals surface area contributed by atoms with Crippen molar-refractivity contribution in [1.82, 2.24) is 0 Å². The quantitative estimate of drug-likeness (QED) is 0.709. The number of benzene rings is 2. The Balaban J connectivity index is 1.56. The van der Waals surface area contributed by atoms with Gasteiger partial charge in [0.05, 0.1) is 4.90 Å². The number of primary sulfonamides is 1. The van der Waals surface area contributed by atoms with E-state index in [0.29, 0.717) is 17.2 Å². The number of esters is 1. The number of hydrogen-bond acceptors (Lipinski definition) is 7. The van der Waals surface area contributed by atoms with Crippen molar-refractivity contribution in [3.63, 3.8) is 0 Å². The zero-order valence-electron chi connectivity index (χ0n) is 14.8. The van der Waals surface area contributed by atoms with Crippen molar-refractivity contribution in [1.29, 1.82) is 0 Å². The molecule has 3 N–H and O–H groups in total. The van der Waals surface area contributed by atoms with Crippen molar-refractivity contribution >= 4 is 27.6 Å². The molecule has 0 fully saturated rings. The Labute approximate surface area is 161 Å². The molecule has 0 aromatic heterocycles. The van der Waals surface area contributed by atoms with Gasteiger partial charge in [-0.25, -0.2) is 18.4 Å². The third kappa shape index (κ3) is 4.59. The summed E-state index contributed by atoms with van der Waals surface area (Å²) in [5, 5.41) is 7.54. The van der Waals surface area contributed by atoms with Gasteiger partial charge < -0.3 is 19.5 Å². The smallest absolute Gasteiger partial charge is 0.351 e. The number of rotatable bonds is 5. The maximum Gasteiger partial charge on any atom is 0.351 e. The standard InChI is InChI=1S/C18H18N2O7S/c1-11(17(21)20-12-6-8-13(9-7-12)28(19,23)24)26-18(22)16-10-25-14-4-2-3-5-15(14)27-16/h2-9,11,16H,10H2,1H3,(H,20,21)(H2,19,23,24)/t11-,16+/m1/s1. The maximum atomic E-state index is 12.2. The minimum Gasteiger partial charge on any atom is -0.485 e. The van der Waals surface area contributed by atoms with Crippen LogP contribution in [0.25, 0.3) is 0 Å². The highest BCUT2D eigenvalue weighted by Gasteiger charge is 2.31. The lowest BCUT2D eigenvalue weighted by Gasteiger charge is -2.25. The number of anilines is 1. The number of nitrogens with two attached hydrogens (primary N) is 1. The van der Waals surface area contributed by atoms with Crippen LogP contribution in [-0.4, -0.2) is 39.1 Å². The fraction of sp³-hybridized carbons (Fsp3) is 0.222. The third-order valence-electron chi connectivity index (χ3n) is 3.88. The summed E-state index contributed by atoms with van der Waals surface area (Å²) in [5.74, 6) is -0.376. The number of carbonyl (C=O) groups excluding carboxylic acids is 2. The fourth-order valence-corrected chi connectivity index (χ4v) is 2.93. The molecule has 0 saturated carbocycles. The Hall–Kier alpha value is -3.11. The van der Waals surface area contributed by atoms with Gasteiger partial charge in [0.25, 0.3) is 5.91 Å². The lowest BCUT2D eigenvalue weighted by molar-refractivity contribution is -0.162. The Morgan fingerprint density at radius 2 is 1.79 bits per heavy atom. The number of sulfonamides is 1. The first-order valence-electron chi connectivity index (χ1n) is 8.27. The van der Waals surface area contributed by atoms with Crippen LogP contribution in [0.3, 0.4) is 0 Å². The van der Waals surface area contributed by atoms with Crippen LogP contribution in [0, 0.1) is 0 Å². The zero-order chi connectivity index (χ0) is 20.3. The van der Waals surface area contributed by atoms with Gasteiger partial charge in [0.1, 0.15) is 6.61 Å². The SMILES string of the molecule is C[C@@H](OC(=O)[C@@H]1COc2ccccc2O1)C(=O)Nc1ccc(S(N)(=O)=O)cc1. The highest BCUT2D eigenvalue weighted by Crippen LogP contribution is 2.31. The Kier molecular flexibility index (Phi) is 5.52. The van der Waals surface area contributed by atoms with Crippen molar-refractivity contribution in [3.8, 4) is 11.5 Å². The molecule has 148 valence electrons. The Morgan fingerprint density at radius 3 is 2.43 bits per heavy atom. The average Bonchev–Trinajstić information content (AvgIpc) is 2.67. The van der Waals surface area contributed by atoms with E-state index in [4.69, 9.17) is 19.3 Å².